The quantitative estimate of drug-likeness (QED) is 0.775. The second kappa shape index (κ2) is 4.35. The predicted octanol–water partition coefficient (Wildman–Crippen LogP) is 3.63. The molecule has 3 aromatic heterocycles. The van der Waals surface area contributed by atoms with Crippen molar-refractivity contribution in [3.63, 3.8) is 0 Å². The number of hydrogen-bond acceptors (Lipinski definition) is 4. The fourth-order valence-electron chi connectivity index (χ4n) is 2.32. The van der Waals surface area contributed by atoms with Crippen molar-refractivity contribution in [2.75, 3.05) is 5.73 Å². The van der Waals surface area contributed by atoms with Gasteiger partial charge in [-0.25, -0.2) is 9.97 Å². The zero-order valence-electron chi connectivity index (χ0n) is 11.2. The summed E-state index contributed by atoms with van der Waals surface area (Å²) < 4.78 is 2.15. The minimum absolute atomic E-state index is 0.287. The second-order valence-electron chi connectivity index (χ2n) is 4.88. The first-order valence-electron chi connectivity index (χ1n) is 6.27. The lowest BCUT2D eigenvalue weighted by molar-refractivity contribution is 0.620. The number of aryl methyl sites for hydroxylation is 1. The highest BCUT2D eigenvalue weighted by Gasteiger charge is 2.18. The number of imidazole rings is 1. The van der Waals surface area contributed by atoms with Gasteiger partial charge in [0.2, 0.25) is 0 Å². The van der Waals surface area contributed by atoms with Crippen LogP contribution in [0.5, 0.6) is 0 Å². The van der Waals surface area contributed by atoms with Gasteiger partial charge >= 0.3 is 0 Å². The summed E-state index contributed by atoms with van der Waals surface area (Å²) in [6.07, 6.45) is 1.80. The molecule has 0 saturated carbocycles. The van der Waals surface area contributed by atoms with Gasteiger partial charge in [-0.15, -0.1) is 11.3 Å². The van der Waals surface area contributed by atoms with Gasteiger partial charge in [-0.3, -0.25) is 0 Å². The Bertz CT molecular complexity index is 739. The number of thiophene rings is 1. The van der Waals surface area contributed by atoms with Crippen LogP contribution in [0.4, 0.5) is 5.00 Å². The molecule has 2 N–H and O–H groups in total. The minimum Gasteiger partial charge on any atom is -0.390 e. The predicted molar refractivity (Wildman–Crippen MR) is 80.4 cm³/mol. The number of rotatable bonds is 2. The molecule has 19 heavy (non-hydrogen) atoms. The average Bonchev–Trinajstić information content (AvgIpc) is 2.88. The number of nitrogens with zero attached hydrogens (tertiary/aromatic N) is 3. The third kappa shape index (κ3) is 1.90. The molecule has 0 fully saturated rings. The van der Waals surface area contributed by atoms with Gasteiger partial charge < -0.3 is 10.3 Å². The largest absolute Gasteiger partial charge is 0.390 e. The summed E-state index contributed by atoms with van der Waals surface area (Å²) in [4.78, 5) is 10.4. The summed E-state index contributed by atoms with van der Waals surface area (Å²) in [7, 11) is 0. The van der Waals surface area contributed by atoms with Gasteiger partial charge in [0.15, 0.2) is 5.65 Å². The van der Waals surface area contributed by atoms with E-state index in [2.05, 4.69) is 36.4 Å². The number of aromatic nitrogens is 3. The summed E-state index contributed by atoms with van der Waals surface area (Å²) in [5.74, 6) is 0.908. The van der Waals surface area contributed by atoms with Crippen molar-refractivity contribution in [3.05, 3.63) is 29.3 Å². The van der Waals surface area contributed by atoms with E-state index in [1.165, 1.54) is 4.88 Å². The second-order valence-corrected chi connectivity index (χ2v) is 6.17. The van der Waals surface area contributed by atoms with Crippen molar-refractivity contribution < 1.29 is 0 Å². The Labute approximate surface area is 115 Å². The molecule has 0 aromatic carbocycles. The van der Waals surface area contributed by atoms with Gasteiger partial charge in [-0.1, -0.05) is 0 Å². The van der Waals surface area contributed by atoms with E-state index < -0.39 is 0 Å². The Kier molecular flexibility index (Phi) is 2.78. The molecule has 98 valence electrons. The van der Waals surface area contributed by atoms with Crippen molar-refractivity contribution in [2.24, 2.45) is 0 Å². The number of fused-ring (bicyclic) bond motifs is 1. The summed E-state index contributed by atoms with van der Waals surface area (Å²) >= 11 is 1.60. The highest BCUT2D eigenvalue weighted by Crippen LogP contribution is 2.35. The van der Waals surface area contributed by atoms with Gasteiger partial charge in [-0.2, -0.15) is 0 Å². The maximum Gasteiger partial charge on any atom is 0.160 e. The van der Waals surface area contributed by atoms with Crippen LogP contribution >= 0.6 is 11.3 Å². The molecular formula is C14H16N4S. The van der Waals surface area contributed by atoms with Gasteiger partial charge in [0.25, 0.3) is 0 Å². The summed E-state index contributed by atoms with van der Waals surface area (Å²) in [6.45, 7) is 6.33. The zero-order chi connectivity index (χ0) is 13.6. The SMILES string of the molecule is Cc1cc(-c2nc3cccnc3n2C(C)C)c(N)s1. The maximum atomic E-state index is 6.11. The van der Waals surface area contributed by atoms with Crippen LogP contribution < -0.4 is 5.73 Å². The van der Waals surface area contributed by atoms with Crippen molar-refractivity contribution in [2.45, 2.75) is 26.8 Å². The zero-order valence-corrected chi connectivity index (χ0v) is 12.0. The minimum atomic E-state index is 0.287. The molecule has 3 aromatic rings. The molecule has 0 amide bonds. The summed E-state index contributed by atoms with van der Waals surface area (Å²) in [6, 6.07) is 6.28. The fourth-order valence-corrected chi connectivity index (χ4v) is 3.10. The van der Waals surface area contributed by atoms with Crippen LogP contribution in [0, 0.1) is 6.92 Å². The van der Waals surface area contributed by atoms with Crippen LogP contribution in [-0.2, 0) is 0 Å². The topological polar surface area (TPSA) is 56.7 Å². The first-order chi connectivity index (χ1) is 9.08. The highest BCUT2D eigenvalue weighted by molar-refractivity contribution is 7.16. The van der Waals surface area contributed by atoms with Crippen molar-refractivity contribution in [1.29, 1.82) is 0 Å². The smallest absolute Gasteiger partial charge is 0.160 e. The molecule has 0 bridgehead atoms. The standard InChI is InChI=1S/C14H16N4S/c1-8(2)18-13(10-7-9(3)19-12(10)15)17-11-5-4-6-16-14(11)18/h4-8H,15H2,1-3H3. The maximum absolute atomic E-state index is 6.11. The van der Waals surface area contributed by atoms with E-state index in [0.29, 0.717) is 0 Å². The number of nitrogens with two attached hydrogens (primary N) is 1. The number of hydrogen-bond donors (Lipinski definition) is 1. The molecule has 0 aliphatic heterocycles. The van der Waals surface area contributed by atoms with E-state index in [1.54, 1.807) is 17.5 Å². The van der Waals surface area contributed by atoms with Crippen molar-refractivity contribution in [3.8, 4) is 11.4 Å². The Morgan fingerprint density at radius 1 is 1.37 bits per heavy atom. The number of nitrogen functional groups attached to an aromatic ring is 1. The molecule has 4 nitrogen and oxygen atoms in total. The third-order valence-electron chi connectivity index (χ3n) is 3.09. The highest BCUT2D eigenvalue weighted by atomic mass is 32.1. The molecule has 0 aliphatic rings. The lowest BCUT2D eigenvalue weighted by Crippen LogP contribution is -2.04. The van der Waals surface area contributed by atoms with Crippen LogP contribution in [0.15, 0.2) is 24.4 Å². The monoisotopic (exact) mass is 272 g/mol. The van der Waals surface area contributed by atoms with Crippen molar-refractivity contribution >= 4 is 27.5 Å². The Balaban J connectivity index is 2.34. The van der Waals surface area contributed by atoms with Crippen molar-refractivity contribution in [1.82, 2.24) is 14.5 Å². The molecule has 0 unspecified atom stereocenters. The number of pyridine rings is 1. The molecule has 0 radical (unpaired) electrons. The molecule has 0 saturated heterocycles. The van der Waals surface area contributed by atoms with E-state index in [9.17, 15) is 0 Å². The van der Waals surface area contributed by atoms with E-state index in [0.717, 1.165) is 27.6 Å². The normalized spacial score (nSPS) is 11.6. The molecule has 3 heterocycles. The molecule has 0 atom stereocenters. The van der Waals surface area contributed by atoms with Crippen LogP contribution in [0.3, 0.4) is 0 Å². The molecule has 5 heteroatoms. The summed E-state index contributed by atoms with van der Waals surface area (Å²) in [5, 5.41) is 0.815. The summed E-state index contributed by atoms with van der Waals surface area (Å²) in [5.41, 5.74) is 8.94. The molecule has 0 spiro atoms. The van der Waals surface area contributed by atoms with Crippen LogP contribution in [0.1, 0.15) is 24.8 Å². The van der Waals surface area contributed by atoms with Gasteiger partial charge in [-0.05, 0) is 39.0 Å². The van der Waals surface area contributed by atoms with E-state index in [1.807, 2.05) is 12.1 Å². The Morgan fingerprint density at radius 2 is 2.16 bits per heavy atom. The van der Waals surface area contributed by atoms with E-state index in [4.69, 9.17) is 10.7 Å². The van der Waals surface area contributed by atoms with Crippen LogP contribution in [-0.4, -0.2) is 14.5 Å². The van der Waals surface area contributed by atoms with Crippen LogP contribution in [0.25, 0.3) is 22.6 Å². The molecule has 3 rings (SSSR count). The number of anilines is 1. The third-order valence-corrected chi connectivity index (χ3v) is 3.97. The molecule has 0 aliphatic carbocycles. The fraction of sp³-hybridized carbons (Fsp3) is 0.286. The van der Waals surface area contributed by atoms with E-state index in [-0.39, 0.29) is 6.04 Å². The first kappa shape index (κ1) is 12.2. The Morgan fingerprint density at radius 3 is 2.79 bits per heavy atom. The van der Waals surface area contributed by atoms with Crippen LogP contribution in [0.2, 0.25) is 0 Å². The van der Waals surface area contributed by atoms with Gasteiger partial charge in [0.1, 0.15) is 11.3 Å². The molecular weight excluding hydrogens is 256 g/mol. The average molecular weight is 272 g/mol. The first-order valence-corrected chi connectivity index (χ1v) is 7.09. The lowest BCUT2D eigenvalue weighted by Gasteiger charge is -2.11. The van der Waals surface area contributed by atoms with Gasteiger partial charge in [0.05, 0.1) is 10.6 Å². The van der Waals surface area contributed by atoms with E-state index >= 15 is 0 Å². The Hall–Kier alpha value is -1.88. The lowest BCUT2D eigenvalue weighted by atomic mass is 10.2. The van der Waals surface area contributed by atoms with Gasteiger partial charge in [0, 0.05) is 17.1 Å².